The van der Waals surface area contributed by atoms with Crippen molar-refractivity contribution in [2.45, 2.75) is 38.5 Å². The van der Waals surface area contributed by atoms with Crippen LogP contribution >= 0.6 is 0 Å². The molecule has 0 saturated heterocycles. The number of aliphatic imine (C=N–C) groups is 1. The summed E-state index contributed by atoms with van der Waals surface area (Å²) in [6, 6.07) is 11.5. The Bertz CT molecular complexity index is 1060. The van der Waals surface area contributed by atoms with Gasteiger partial charge in [0.05, 0.1) is 20.1 Å². The standard InChI is InChI=1S/C24H25NO5/c1-13-8-9-20(30-13)23-21(24(27)29-4)14(2)25-18-11-16(12-19(26)22(18)23)15-6-5-7-17(10-15)28-3/h5-10,16,21,23H,11-12H2,1-4H3. The van der Waals surface area contributed by atoms with Crippen LogP contribution in [0.15, 0.2) is 57.1 Å². The lowest BCUT2D eigenvalue weighted by molar-refractivity contribution is -0.143. The third-order valence-electron chi connectivity index (χ3n) is 5.98. The molecular weight excluding hydrogens is 382 g/mol. The Morgan fingerprint density at radius 2 is 1.93 bits per heavy atom. The molecule has 1 aromatic heterocycles. The zero-order valence-corrected chi connectivity index (χ0v) is 17.6. The quantitative estimate of drug-likeness (QED) is 0.705. The van der Waals surface area contributed by atoms with Gasteiger partial charge in [-0.15, -0.1) is 0 Å². The van der Waals surface area contributed by atoms with Crippen molar-refractivity contribution in [3.63, 3.8) is 0 Å². The van der Waals surface area contributed by atoms with Crippen LogP contribution in [0.5, 0.6) is 5.75 Å². The molecule has 0 saturated carbocycles. The summed E-state index contributed by atoms with van der Waals surface area (Å²) < 4.78 is 16.2. The summed E-state index contributed by atoms with van der Waals surface area (Å²) in [6.07, 6.45) is 0.973. The lowest BCUT2D eigenvalue weighted by Gasteiger charge is -2.35. The highest BCUT2D eigenvalue weighted by atomic mass is 16.5. The first kappa shape index (κ1) is 20.1. The first-order valence-corrected chi connectivity index (χ1v) is 10.0. The second kappa shape index (κ2) is 7.94. The summed E-state index contributed by atoms with van der Waals surface area (Å²) in [5, 5.41) is 0. The molecule has 0 fully saturated rings. The molecule has 2 heterocycles. The minimum Gasteiger partial charge on any atom is -0.497 e. The molecule has 0 spiro atoms. The Morgan fingerprint density at radius 3 is 2.60 bits per heavy atom. The van der Waals surface area contributed by atoms with Crippen LogP contribution < -0.4 is 4.74 Å². The van der Waals surface area contributed by atoms with Crippen molar-refractivity contribution < 1.29 is 23.5 Å². The van der Waals surface area contributed by atoms with Gasteiger partial charge in [0.1, 0.15) is 23.2 Å². The second-order valence-electron chi connectivity index (χ2n) is 7.85. The van der Waals surface area contributed by atoms with Crippen molar-refractivity contribution in [1.82, 2.24) is 0 Å². The van der Waals surface area contributed by atoms with E-state index < -0.39 is 17.8 Å². The molecule has 1 aliphatic heterocycles. The minimum atomic E-state index is -0.670. The van der Waals surface area contributed by atoms with Crippen molar-refractivity contribution in [1.29, 1.82) is 0 Å². The molecule has 2 aliphatic rings. The van der Waals surface area contributed by atoms with Gasteiger partial charge in [0, 0.05) is 23.4 Å². The third-order valence-corrected chi connectivity index (χ3v) is 5.98. The highest BCUT2D eigenvalue weighted by Crippen LogP contribution is 2.47. The molecule has 6 nitrogen and oxygen atoms in total. The molecule has 2 aromatic rings. The molecule has 30 heavy (non-hydrogen) atoms. The van der Waals surface area contributed by atoms with Crippen LogP contribution in [0.3, 0.4) is 0 Å². The number of rotatable bonds is 4. The predicted octanol–water partition coefficient (Wildman–Crippen LogP) is 4.34. The van der Waals surface area contributed by atoms with Crippen molar-refractivity contribution in [2.24, 2.45) is 10.9 Å². The van der Waals surface area contributed by atoms with Crippen molar-refractivity contribution in [3.05, 3.63) is 64.8 Å². The van der Waals surface area contributed by atoms with Gasteiger partial charge in [-0.3, -0.25) is 14.6 Å². The molecule has 3 unspecified atom stereocenters. The van der Waals surface area contributed by atoms with Crippen molar-refractivity contribution in [3.8, 4) is 5.75 Å². The van der Waals surface area contributed by atoms with E-state index in [0.29, 0.717) is 29.9 Å². The average Bonchev–Trinajstić information content (AvgIpc) is 3.18. The van der Waals surface area contributed by atoms with E-state index >= 15 is 0 Å². The highest BCUT2D eigenvalue weighted by Gasteiger charge is 2.46. The molecule has 0 bridgehead atoms. The first-order valence-electron chi connectivity index (χ1n) is 10.0. The summed E-state index contributed by atoms with van der Waals surface area (Å²) in [5.41, 5.74) is 2.99. The van der Waals surface area contributed by atoms with Crippen LogP contribution in [0.1, 0.15) is 48.7 Å². The molecule has 0 N–H and O–H groups in total. The molecule has 156 valence electrons. The lowest BCUT2D eigenvalue weighted by Crippen LogP contribution is -2.37. The van der Waals surface area contributed by atoms with E-state index in [1.165, 1.54) is 7.11 Å². The zero-order chi connectivity index (χ0) is 21.4. The van der Waals surface area contributed by atoms with Crippen LogP contribution in [0.4, 0.5) is 0 Å². The monoisotopic (exact) mass is 407 g/mol. The number of carbonyl (C=O) groups is 2. The fourth-order valence-electron chi connectivity index (χ4n) is 4.55. The Labute approximate surface area is 175 Å². The smallest absolute Gasteiger partial charge is 0.315 e. The average molecular weight is 407 g/mol. The van der Waals surface area contributed by atoms with Gasteiger partial charge in [-0.25, -0.2) is 0 Å². The number of benzene rings is 1. The van der Waals surface area contributed by atoms with E-state index in [9.17, 15) is 9.59 Å². The molecule has 1 aromatic carbocycles. The fraction of sp³-hybridized carbons (Fsp3) is 0.375. The zero-order valence-electron chi connectivity index (χ0n) is 17.6. The van der Waals surface area contributed by atoms with E-state index in [2.05, 4.69) is 0 Å². The number of aryl methyl sites for hydroxylation is 1. The molecule has 1 aliphatic carbocycles. The number of hydrogen-bond acceptors (Lipinski definition) is 6. The number of Topliss-reactive ketones (excluding diaryl/α,β-unsaturated/α-hetero) is 1. The summed E-state index contributed by atoms with van der Waals surface area (Å²) in [4.78, 5) is 30.7. The normalized spacial score (nSPS) is 23.7. The highest BCUT2D eigenvalue weighted by molar-refractivity contribution is 6.08. The number of nitrogens with zero attached hydrogens (tertiary/aromatic N) is 1. The number of hydrogen-bond donors (Lipinski definition) is 0. The van der Waals surface area contributed by atoms with Crippen LogP contribution in [0, 0.1) is 12.8 Å². The molecule has 0 amide bonds. The number of methoxy groups -OCH3 is 2. The Balaban J connectivity index is 1.78. The SMILES string of the molecule is COC(=O)C1C(C)=NC2=C(C(=O)CC(c3cccc(OC)c3)C2)C1c1ccc(C)o1. The van der Waals surface area contributed by atoms with E-state index in [0.717, 1.165) is 22.8 Å². The van der Waals surface area contributed by atoms with Crippen LogP contribution in [0.25, 0.3) is 0 Å². The number of carbonyl (C=O) groups excluding carboxylic acids is 2. The van der Waals surface area contributed by atoms with Crippen molar-refractivity contribution in [2.75, 3.05) is 14.2 Å². The fourth-order valence-corrected chi connectivity index (χ4v) is 4.55. The van der Waals surface area contributed by atoms with E-state index in [1.54, 1.807) is 7.11 Å². The number of esters is 1. The summed E-state index contributed by atoms with van der Waals surface area (Å²) in [6.45, 7) is 3.66. The Hall–Kier alpha value is -3.15. The van der Waals surface area contributed by atoms with Crippen LogP contribution in [-0.4, -0.2) is 31.7 Å². The Morgan fingerprint density at radius 1 is 1.13 bits per heavy atom. The molecule has 3 atom stereocenters. The van der Waals surface area contributed by atoms with Gasteiger partial charge in [0.25, 0.3) is 0 Å². The lowest BCUT2D eigenvalue weighted by atomic mass is 9.71. The molecule has 4 rings (SSSR count). The molecule has 0 radical (unpaired) electrons. The third kappa shape index (κ3) is 3.47. The number of ketones is 1. The van der Waals surface area contributed by atoms with Gasteiger partial charge in [0.2, 0.25) is 0 Å². The second-order valence-corrected chi connectivity index (χ2v) is 7.85. The maximum atomic E-state index is 13.4. The molecular formula is C24H25NO5. The number of allylic oxidation sites excluding steroid dienone is 2. The summed E-state index contributed by atoms with van der Waals surface area (Å²) in [7, 11) is 2.98. The van der Waals surface area contributed by atoms with Gasteiger partial charge in [-0.1, -0.05) is 12.1 Å². The topological polar surface area (TPSA) is 78.1 Å². The first-order chi connectivity index (χ1) is 14.4. The minimum absolute atomic E-state index is 0.00623. The number of furan rings is 1. The van der Waals surface area contributed by atoms with E-state index in [-0.39, 0.29) is 11.7 Å². The van der Waals surface area contributed by atoms with Gasteiger partial charge in [0.15, 0.2) is 5.78 Å². The predicted molar refractivity (Wildman–Crippen MR) is 112 cm³/mol. The number of ether oxygens (including phenoxy) is 2. The van der Waals surface area contributed by atoms with Gasteiger partial charge >= 0.3 is 5.97 Å². The largest absolute Gasteiger partial charge is 0.497 e. The maximum absolute atomic E-state index is 13.4. The van der Waals surface area contributed by atoms with Crippen molar-refractivity contribution >= 4 is 17.5 Å². The maximum Gasteiger partial charge on any atom is 0.315 e. The van der Waals surface area contributed by atoms with Crippen LogP contribution in [-0.2, 0) is 14.3 Å². The van der Waals surface area contributed by atoms with Gasteiger partial charge in [-0.05, 0) is 56.0 Å². The Kier molecular flexibility index (Phi) is 5.33. The van der Waals surface area contributed by atoms with E-state index in [1.807, 2.05) is 50.2 Å². The summed E-state index contributed by atoms with van der Waals surface area (Å²) >= 11 is 0. The van der Waals surface area contributed by atoms with E-state index in [4.69, 9.17) is 18.9 Å². The molecule has 6 heteroatoms. The summed E-state index contributed by atoms with van der Waals surface area (Å²) in [5.74, 6) is 0.493. The van der Waals surface area contributed by atoms with Crippen LogP contribution in [0.2, 0.25) is 0 Å². The van der Waals surface area contributed by atoms with Gasteiger partial charge < -0.3 is 13.9 Å². The van der Waals surface area contributed by atoms with Gasteiger partial charge in [-0.2, -0.15) is 0 Å².